The highest BCUT2D eigenvalue weighted by Crippen LogP contribution is 2.31. The largest absolute Gasteiger partial charge is 0.310 e. The van der Waals surface area contributed by atoms with Crippen molar-refractivity contribution in [1.29, 1.82) is 0 Å². The van der Waals surface area contributed by atoms with Gasteiger partial charge in [0.25, 0.3) is 0 Å². The Labute approximate surface area is 132 Å². The monoisotopic (exact) mass is 289 g/mol. The average molecular weight is 290 g/mol. The number of nitrogens with one attached hydrogen (secondary N) is 1. The minimum absolute atomic E-state index is 0.272. The Balaban J connectivity index is 2.98. The molecule has 1 heteroatoms. The van der Waals surface area contributed by atoms with Crippen molar-refractivity contribution in [3.05, 3.63) is 35.4 Å². The van der Waals surface area contributed by atoms with E-state index < -0.39 is 0 Å². The van der Waals surface area contributed by atoms with Gasteiger partial charge in [-0.25, -0.2) is 0 Å². The van der Waals surface area contributed by atoms with E-state index in [9.17, 15) is 0 Å². The zero-order valence-corrected chi connectivity index (χ0v) is 15.2. The van der Waals surface area contributed by atoms with Gasteiger partial charge in [-0.3, -0.25) is 0 Å². The molecule has 0 radical (unpaired) electrons. The maximum absolute atomic E-state index is 3.74. The maximum atomic E-state index is 3.74. The molecule has 1 nitrogen and oxygen atoms in total. The Hall–Kier alpha value is -0.820. The molecule has 0 aliphatic carbocycles. The summed E-state index contributed by atoms with van der Waals surface area (Å²) < 4.78 is 0. The van der Waals surface area contributed by atoms with Gasteiger partial charge in [0.15, 0.2) is 0 Å². The van der Waals surface area contributed by atoms with Crippen LogP contribution in [0.1, 0.15) is 78.5 Å². The van der Waals surface area contributed by atoms with Crippen molar-refractivity contribution in [2.45, 2.75) is 72.8 Å². The van der Waals surface area contributed by atoms with Gasteiger partial charge in [0.1, 0.15) is 0 Å². The van der Waals surface area contributed by atoms with Crippen LogP contribution in [0.5, 0.6) is 0 Å². The second-order valence-corrected chi connectivity index (χ2v) is 7.39. The molecule has 2 unspecified atom stereocenters. The molecule has 0 aliphatic heterocycles. The molecule has 0 fully saturated rings. The van der Waals surface area contributed by atoms with Crippen LogP contribution < -0.4 is 5.32 Å². The van der Waals surface area contributed by atoms with Crippen LogP contribution in [0.4, 0.5) is 0 Å². The van der Waals surface area contributed by atoms with Crippen molar-refractivity contribution in [3.63, 3.8) is 0 Å². The molecule has 1 rings (SSSR count). The summed E-state index contributed by atoms with van der Waals surface area (Å²) in [6.45, 7) is 17.2. The molecule has 0 saturated carbocycles. The third-order valence-corrected chi connectivity index (χ3v) is 5.13. The van der Waals surface area contributed by atoms with Crippen molar-refractivity contribution in [1.82, 2.24) is 5.32 Å². The Morgan fingerprint density at radius 1 is 1.00 bits per heavy atom. The van der Waals surface area contributed by atoms with E-state index in [0.29, 0.717) is 17.9 Å². The zero-order chi connectivity index (χ0) is 16.0. The molecular weight excluding hydrogens is 254 g/mol. The van der Waals surface area contributed by atoms with E-state index in [4.69, 9.17) is 0 Å². The molecule has 120 valence electrons. The summed E-state index contributed by atoms with van der Waals surface area (Å²) in [6, 6.07) is 9.78. The Bertz CT molecular complexity index is 402. The predicted molar refractivity (Wildman–Crippen MR) is 94.8 cm³/mol. The van der Waals surface area contributed by atoms with Crippen LogP contribution in [0.25, 0.3) is 0 Å². The molecule has 0 aliphatic rings. The first-order valence-electron chi connectivity index (χ1n) is 8.67. The summed E-state index contributed by atoms with van der Waals surface area (Å²) in [4.78, 5) is 0. The van der Waals surface area contributed by atoms with E-state index in [2.05, 4.69) is 78.0 Å². The van der Waals surface area contributed by atoms with Crippen LogP contribution in [-0.2, 0) is 5.41 Å². The van der Waals surface area contributed by atoms with Gasteiger partial charge in [0, 0.05) is 6.04 Å². The molecule has 0 aromatic heterocycles. The Kier molecular flexibility index (Phi) is 6.93. The maximum Gasteiger partial charge on any atom is 0.0348 e. The van der Waals surface area contributed by atoms with E-state index in [1.807, 2.05) is 0 Å². The van der Waals surface area contributed by atoms with Crippen molar-refractivity contribution < 1.29 is 0 Å². The van der Waals surface area contributed by atoms with Gasteiger partial charge >= 0.3 is 0 Å². The highest BCUT2D eigenvalue weighted by atomic mass is 14.9. The highest BCUT2D eigenvalue weighted by Gasteiger charge is 2.23. The SMILES string of the molecule is CCCNC(c1ccc(C(C)(C)CC)cc1)C(C)C(C)C. The lowest BCUT2D eigenvalue weighted by molar-refractivity contribution is 0.303. The lowest BCUT2D eigenvalue weighted by atomic mass is 9.80. The second-order valence-electron chi connectivity index (χ2n) is 7.39. The summed E-state index contributed by atoms with van der Waals surface area (Å²) in [5.74, 6) is 1.33. The standard InChI is InChI=1S/C20H35N/c1-8-14-21-19(16(5)15(3)4)17-10-12-18(13-11-17)20(6,7)9-2/h10-13,15-16,19,21H,8-9,14H2,1-7H3. The molecule has 1 N–H and O–H groups in total. The molecule has 0 spiro atoms. The summed E-state index contributed by atoms with van der Waals surface area (Å²) in [5, 5.41) is 3.74. The van der Waals surface area contributed by atoms with Gasteiger partial charge in [-0.05, 0) is 47.8 Å². The number of hydrogen-bond donors (Lipinski definition) is 1. The molecule has 0 saturated heterocycles. The summed E-state index contributed by atoms with van der Waals surface area (Å²) in [6.07, 6.45) is 2.36. The zero-order valence-electron chi connectivity index (χ0n) is 15.2. The van der Waals surface area contributed by atoms with Gasteiger partial charge < -0.3 is 5.32 Å². The normalized spacial score (nSPS) is 15.2. The van der Waals surface area contributed by atoms with Gasteiger partial charge in [0.2, 0.25) is 0 Å². The van der Waals surface area contributed by atoms with Crippen LogP contribution in [0.3, 0.4) is 0 Å². The molecule has 21 heavy (non-hydrogen) atoms. The Morgan fingerprint density at radius 3 is 2.00 bits per heavy atom. The molecule has 0 heterocycles. The first kappa shape index (κ1) is 18.2. The fraction of sp³-hybridized carbons (Fsp3) is 0.700. The van der Waals surface area contributed by atoms with E-state index >= 15 is 0 Å². The van der Waals surface area contributed by atoms with E-state index in [1.165, 1.54) is 24.0 Å². The molecular formula is C20H35N. The second kappa shape index (κ2) is 7.98. The van der Waals surface area contributed by atoms with Crippen molar-refractivity contribution in [2.75, 3.05) is 6.54 Å². The summed E-state index contributed by atoms with van der Waals surface area (Å²) >= 11 is 0. The van der Waals surface area contributed by atoms with Crippen LogP contribution in [0, 0.1) is 11.8 Å². The summed E-state index contributed by atoms with van der Waals surface area (Å²) in [5.41, 5.74) is 3.15. The van der Waals surface area contributed by atoms with Crippen LogP contribution in [-0.4, -0.2) is 6.54 Å². The van der Waals surface area contributed by atoms with Gasteiger partial charge in [-0.15, -0.1) is 0 Å². The quantitative estimate of drug-likeness (QED) is 0.646. The third kappa shape index (κ3) is 4.85. The topological polar surface area (TPSA) is 12.0 Å². The molecule has 0 amide bonds. The Morgan fingerprint density at radius 2 is 1.57 bits per heavy atom. The lowest BCUT2D eigenvalue weighted by Gasteiger charge is -2.30. The van der Waals surface area contributed by atoms with Crippen LogP contribution >= 0.6 is 0 Å². The van der Waals surface area contributed by atoms with Gasteiger partial charge in [-0.2, -0.15) is 0 Å². The first-order valence-corrected chi connectivity index (χ1v) is 8.67. The smallest absolute Gasteiger partial charge is 0.0348 e. The molecule has 1 aromatic rings. The molecule has 0 bridgehead atoms. The predicted octanol–water partition coefficient (Wildman–Crippen LogP) is 5.71. The molecule has 1 aromatic carbocycles. The van der Waals surface area contributed by atoms with Gasteiger partial charge in [-0.1, -0.05) is 72.7 Å². The fourth-order valence-electron chi connectivity index (χ4n) is 2.64. The van der Waals surface area contributed by atoms with Crippen LogP contribution in [0.2, 0.25) is 0 Å². The minimum atomic E-state index is 0.272. The van der Waals surface area contributed by atoms with Crippen molar-refractivity contribution in [3.8, 4) is 0 Å². The van der Waals surface area contributed by atoms with E-state index in [1.54, 1.807) is 0 Å². The molecule has 2 atom stereocenters. The van der Waals surface area contributed by atoms with Crippen molar-refractivity contribution in [2.24, 2.45) is 11.8 Å². The third-order valence-electron chi connectivity index (χ3n) is 5.13. The van der Waals surface area contributed by atoms with E-state index in [-0.39, 0.29) is 5.41 Å². The van der Waals surface area contributed by atoms with Gasteiger partial charge in [0.05, 0.1) is 0 Å². The number of hydrogen-bond acceptors (Lipinski definition) is 1. The highest BCUT2D eigenvalue weighted by molar-refractivity contribution is 5.30. The van der Waals surface area contributed by atoms with Crippen LogP contribution in [0.15, 0.2) is 24.3 Å². The first-order chi connectivity index (χ1) is 9.83. The average Bonchev–Trinajstić information content (AvgIpc) is 2.47. The minimum Gasteiger partial charge on any atom is -0.310 e. The lowest BCUT2D eigenvalue weighted by Crippen LogP contribution is -2.30. The van der Waals surface area contributed by atoms with Crippen molar-refractivity contribution >= 4 is 0 Å². The fourth-order valence-corrected chi connectivity index (χ4v) is 2.64. The summed E-state index contributed by atoms with van der Waals surface area (Å²) in [7, 11) is 0. The number of rotatable bonds is 8. The van der Waals surface area contributed by atoms with E-state index in [0.717, 1.165) is 6.54 Å². The number of benzene rings is 1.